The van der Waals surface area contributed by atoms with Crippen LogP contribution in [0, 0.1) is 19.8 Å². The average Bonchev–Trinajstić information content (AvgIpc) is 2.78. The Hall–Kier alpha value is -2.38. The minimum atomic E-state index is -0.435. The van der Waals surface area contributed by atoms with E-state index in [0.717, 1.165) is 5.56 Å². The molecule has 1 fully saturated rings. The van der Waals surface area contributed by atoms with Crippen molar-refractivity contribution in [2.24, 2.45) is 5.92 Å². The smallest absolute Gasteiger partial charge is 0.227 e. The van der Waals surface area contributed by atoms with Crippen LogP contribution >= 0.6 is 0 Å². The van der Waals surface area contributed by atoms with Crippen molar-refractivity contribution in [3.05, 3.63) is 17.0 Å². The van der Waals surface area contributed by atoms with Gasteiger partial charge in [-0.1, -0.05) is 5.16 Å². The summed E-state index contributed by atoms with van der Waals surface area (Å²) in [6, 6.07) is 0. The molecular weight excluding hydrogens is 312 g/mol. The van der Waals surface area contributed by atoms with Gasteiger partial charge in [-0.2, -0.15) is 0 Å². The topological polar surface area (TPSA) is 95.8 Å². The lowest BCUT2D eigenvalue weighted by Gasteiger charge is -2.23. The summed E-state index contributed by atoms with van der Waals surface area (Å²) in [6.07, 6.45) is 0.182. The van der Waals surface area contributed by atoms with Gasteiger partial charge in [-0.15, -0.1) is 0 Å². The summed E-state index contributed by atoms with van der Waals surface area (Å²) in [5.74, 6) is -0.162. The number of nitrogens with zero attached hydrogens (tertiary/aromatic N) is 3. The van der Waals surface area contributed by atoms with Crippen LogP contribution in [0.4, 0.5) is 0 Å². The molecule has 3 amide bonds. The van der Waals surface area contributed by atoms with Gasteiger partial charge in [0.25, 0.3) is 0 Å². The quantitative estimate of drug-likeness (QED) is 0.831. The van der Waals surface area contributed by atoms with E-state index >= 15 is 0 Å². The molecule has 0 bridgehead atoms. The van der Waals surface area contributed by atoms with Crippen molar-refractivity contribution in [2.75, 3.05) is 33.2 Å². The van der Waals surface area contributed by atoms with Gasteiger partial charge < -0.3 is 19.6 Å². The molecule has 0 aliphatic carbocycles. The fourth-order valence-electron chi connectivity index (χ4n) is 2.91. The number of carbonyl (C=O) groups is 3. The highest BCUT2D eigenvalue weighted by Crippen LogP contribution is 2.16. The molecule has 8 nitrogen and oxygen atoms in total. The zero-order valence-electron chi connectivity index (χ0n) is 14.6. The maximum atomic E-state index is 12.7. The van der Waals surface area contributed by atoms with Gasteiger partial charge in [0.2, 0.25) is 17.7 Å². The Bertz CT molecular complexity index is 621. The summed E-state index contributed by atoms with van der Waals surface area (Å²) in [4.78, 5) is 39.7. The molecule has 0 unspecified atom stereocenters. The summed E-state index contributed by atoms with van der Waals surface area (Å²) in [6.45, 7) is 6.51. The van der Waals surface area contributed by atoms with Crippen LogP contribution in [-0.2, 0) is 20.8 Å². The fraction of sp³-hybridized carbons (Fsp3) is 0.625. The summed E-state index contributed by atoms with van der Waals surface area (Å²) >= 11 is 0. The van der Waals surface area contributed by atoms with Crippen LogP contribution < -0.4 is 5.32 Å². The first-order valence-electron chi connectivity index (χ1n) is 8.00. The third kappa shape index (κ3) is 3.93. The van der Waals surface area contributed by atoms with Gasteiger partial charge in [-0.3, -0.25) is 14.4 Å². The number of rotatable bonds is 3. The fourth-order valence-corrected chi connectivity index (χ4v) is 2.91. The van der Waals surface area contributed by atoms with E-state index in [4.69, 9.17) is 4.52 Å². The van der Waals surface area contributed by atoms with Crippen molar-refractivity contribution >= 4 is 17.7 Å². The minimum absolute atomic E-state index is 0.0936. The molecule has 24 heavy (non-hydrogen) atoms. The largest absolute Gasteiger partial charge is 0.361 e. The Morgan fingerprint density at radius 1 is 1.21 bits per heavy atom. The SMILES string of the molecule is CNC(=O)[C@H]1CN(C(C)=O)CCN(C(=O)Cc2c(C)noc2C)C1. The van der Waals surface area contributed by atoms with E-state index in [0.29, 0.717) is 37.6 Å². The number of hydrogen-bond acceptors (Lipinski definition) is 5. The van der Waals surface area contributed by atoms with E-state index in [1.807, 2.05) is 0 Å². The maximum Gasteiger partial charge on any atom is 0.227 e. The van der Waals surface area contributed by atoms with Crippen molar-refractivity contribution in [2.45, 2.75) is 27.2 Å². The van der Waals surface area contributed by atoms with Crippen molar-refractivity contribution in [3.63, 3.8) is 0 Å². The number of aromatic nitrogens is 1. The molecule has 0 saturated carbocycles. The van der Waals surface area contributed by atoms with Gasteiger partial charge in [0.1, 0.15) is 5.76 Å². The van der Waals surface area contributed by atoms with Gasteiger partial charge >= 0.3 is 0 Å². The molecule has 1 N–H and O–H groups in total. The summed E-state index contributed by atoms with van der Waals surface area (Å²) < 4.78 is 5.10. The molecule has 0 radical (unpaired) electrons. The second-order valence-electron chi connectivity index (χ2n) is 6.10. The van der Waals surface area contributed by atoms with Crippen LogP contribution in [0.2, 0.25) is 0 Å². The normalized spacial score (nSPS) is 18.2. The lowest BCUT2D eigenvalue weighted by Crippen LogP contribution is -2.42. The number of amides is 3. The van der Waals surface area contributed by atoms with Crippen molar-refractivity contribution in [1.29, 1.82) is 0 Å². The van der Waals surface area contributed by atoms with Crippen LogP contribution in [0.1, 0.15) is 23.9 Å². The first-order valence-corrected chi connectivity index (χ1v) is 8.00. The van der Waals surface area contributed by atoms with Gasteiger partial charge in [-0.05, 0) is 13.8 Å². The number of hydrogen-bond donors (Lipinski definition) is 1. The van der Waals surface area contributed by atoms with Crippen molar-refractivity contribution < 1.29 is 18.9 Å². The standard InChI is InChI=1S/C16H24N4O4/c1-10-14(11(2)24-18-10)7-15(22)20-6-5-19(12(3)21)8-13(9-20)16(23)17-4/h13H,5-9H2,1-4H3,(H,17,23)/t13-/m0/s1. The van der Waals surface area contributed by atoms with E-state index in [1.165, 1.54) is 6.92 Å². The maximum absolute atomic E-state index is 12.7. The van der Waals surface area contributed by atoms with Crippen LogP contribution in [0.25, 0.3) is 0 Å². The highest BCUT2D eigenvalue weighted by molar-refractivity contribution is 5.83. The molecule has 1 atom stereocenters. The molecule has 2 heterocycles. The minimum Gasteiger partial charge on any atom is -0.361 e. The Kier molecular flexibility index (Phi) is 5.58. The number of aryl methyl sites for hydroxylation is 2. The van der Waals surface area contributed by atoms with Crippen LogP contribution in [-0.4, -0.2) is 65.9 Å². The predicted molar refractivity (Wildman–Crippen MR) is 86.1 cm³/mol. The summed E-state index contributed by atoms with van der Waals surface area (Å²) in [7, 11) is 1.56. The lowest BCUT2D eigenvalue weighted by atomic mass is 10.1. The Morgan fingerprint density at radius 2 is 1.83 bits per heavy atom. The van der Waals surface area contributed by atoms with Gasteiger partial charge in [0.05, 0.1) is 18.0 Å². The highest BCUT2D eigenvalue weighted by atomic mass is 16.5. The molecule has 1 aliphatic heterocycles. The third-order valence-corrected chi connectivity index (χ3v) is 4.45. The predicted octanol–water partition coefficient (Wildman–Crippen LogP) is -0.113. The molecule has 1 aromatic heterocycles. The monoisotopic (exact) mass is 336 g/mol. The second kappa shape index (κ2) is 7.46. The van der Waals surface area contributed by atoms with Gasteiger partial charge in [-0.25, -0.2) is 0 Å². The van der Waals surface area contributed by atoms with Crippen molar-refractivity contribution in [1.82, 2.24) is 20.3 Å². The van der Waals surface area contributed by atoms with Crippen molar-refractivity contribution in [3.8, 4) is 0 Å². The van der Waals surface area contributed by atoms with E-state index in [1.54, 1.807) is 30.7 Å². The molecular formula is C16H24N4O4. The molecule has 0 spiro atoms. The molecule has 0 aromatic carbocycles. The summed E-state index contributed by atoms with van der Waals surface area (Å²) in [5, 5.41) is 6.47. The first kappa shape index (κ1) is 18.0. The van der Waals surface area contributed by atoms with E-state index in [9.17, 15) is 14.4 Å². The van der Waals surface area contributed by atoms with Crippen LogP contribution in [0.15, 0.2) is 4.52 Å². The molecule has 2 rings (SSSR count). The average molecular weight is 336 g/mol. The van der Waals surface area contributed by atoms with E-state index in [-0.39, 0.29) is 24.1 Å². The molecule has 1 aliphatic rings. The van der Waals surface area contributed by atoms with Gasteiger partial charge in [0, 0.05) is 45.7 Å². The van der Waals surface area contributed by atoms with Crippen LogP contribution in [0.5, 0.6) is 0 Å². The molecule has 8 heteroatoms. The Labute approximate surface area is 141 Å². The third-order valence-electron chi connectivity index (χ3n) is 4.45. The highest BCUT2D eigenvalue weighted by Gasteiger charge is 2.31. The zero-order chi connectivity index (χ0) is 17.9. The number of carbonyl (C=O) groups excluding carboxylic acids is 3. The number of nitrogens with one attached hydrogen (secondary N) is 1. The Morgan fingerprint density at radius 3 is 2.38 bits per heavy atom. The molecule has 132 valence electrons. The first-order chi connectivity index (χ1) is 11.3. The van der Waals surface area contributed by atoms with E-state index in [2.05, 4.69) is 10.5 Å². The van der Waals surface area contributed by atoms with E-state index < -0.39 is 5.92 Å². The van der Waals surface area contributed by atoms with Crippen LogP contribution in [0.3, 0.4) is 0 Å². The lowest BCUT2D eigenvalue weighted by molar-refractivity contribution is -0.132. The zero-order valence-corrected chi connectivity index (χ0v) is 14.6. The van der Waals surface area contributed by atoms with Gasteiger partial charge in [0.15, 0.2) is 0 Å². The summed E-state index contributed by atoms with van der Waals surface area (Å²) in [5.41, 5.74) is 1.48. The molecule has 1 aromatic rings. The molecule has 1 saturated heterocycles. The Balaban J connectivity index is 2.14. The second-order valence-corrected chi connectivity index (χ2v) is 6.10.